The Bertz CT molecular complexity index is 441. The van der Waals surface area contributed by atoms with Crippen molar-refractivity contribution < 1.29 is 28.9 Å². The number of ether oxygens (including phenoxy) is 3. The molecule has 0 unspecified atom stereocenters. The Balaban J connectivity index is 2.63. The molecule has 0 aliphatic rings. The predicted molar refractivity (Wildman–Crippen MR) is 74.7 cm³/mol. The van der Waals surface area contributed by atoms with E-state index in [0.717, 1.165) is 5.56 Å². The molecular weight excluding hydrogens is 276 g/mol. The van der Waals surface area contributed by atoms with Crippen LogP contribution in [0.5, 0.6) is 0 Å². The van der Waals surface area contributed by atoms with E-state index in [-0.39, 0.29) is 13.0 Å². The van der Waals surface area contributed by atoms with Crippen LogP contribution in [-0.4, -0.2) is 44.2 Å². The largest absolute Gasteiger partial charge is 0.481 e. The van der Waals surface area contributed by atoms with Gasteiger partial charge in [0.15, 0.2) is 6.29 Å². The van der Waals surface area contributed by atoms with Crippen LogP contribution in [0, 0.1) is 5.92 Å². The Morgan fingerprint density at radius 3 is 2.29 bits per heavy atom. The second-order valence-electron chi connectivity index (χ2n) is 4.52. The Hall–Kier alpha value is -1.92. The number of rotatable bonds is 9. The standard InChI is InChI=1S/C15H20O6/c1-19-14(20-2)10-21-15(18)12(9-13(16)17)8-11-6-4-3-5-7-11/h3-7,12,14H,8-10H2,1-2H3,(H,16,17)/t12-/m0/s1. The van der Waals surface area contributed by atoms with Crippen molar-refractivity contribution in [2.45, 2.75) is 19.1 Å². The summed E-state index contributed by atoms with van der Waals surface area (Å²) in [6, 6.07) is 9.22. The summed E-state index contributed by atoms with van der Waals surface area (Å²) in [5.74, 6) is -2.34. The molecule has 0 aromatic heterocycles. The minimum Gasteiger partial charge on any atom is -0.481 e. The minimum atomic E-state index is -1.04. The van der Waals surface area contributed by atoms with Gasteiger partial charge in [-0.15, -0.1) is 0 Å². The number of aliphatic carboxylic acids is 1. The molecule has 6 nitrogen and oxygen atoms in total. The van der Waals surface area contributed by atoms with Crippen molar-refractivity contribution in [2.75, 3.05) is 20.8 Å². The summed E-state index contributed by atoms with van der Waals surface area (Å²) in [7, 11) is 2.86. The number of hydrogen-bond acceptors (Lipinski definition) is 5. The third-order valence-corrected chi connectivity index (χ3v) is 2.97. The Morgan fingerprint density at radius 1 is 1.14 bits per heavy atom. The normalized spacial score (nSPS) is 12.1. The van der Waals surface area contributed by atoms with Gasteiger partial charge < -0.3 is 19.3 Å². The summed E-state index contributed by atoms with van der Waals surface area (Å²) in [5, 5.41) is 8.92. The van der Waals surface area contributed by atoms with Gasteiger partial charge in [0.25, 0.3) is 0 Å². The van der Waals surface area contributed by atoms with Crippen molar-refractivity contribution in [3.05, 3.63) is 35.9 Å². The van der Waals surface area contributed by atoms with Crippen LogP contribution in [0.3, 0.4) is 0 Å². The highest BCUT2D eigenvalue weighted by Gasteiger charge is 2.24. The van der Waals surface area contributed by atoms with Gasteiger partial charge in [0.05, 0.1) is 12.3 Å². The van der Waals surface area contributed by atoms with Gasteiger partial charge in [0.1, 0.15) is 6.61 Å². The van der Waals surface area contributed by atoms with E-state index in [1.54, 1.807) is 0 Å². The molecule has 0 heterocycles. The highest BCUT2D eigenvalue weighted by atomic mass is 16.7. The summed E-state index contributed by atoms with van der Waals surface area (Å²) in [6.07, 6.45) is -0.620. The first-order chi connectivity index (χ1) is 10.1. The number of carbonyl (C=O) groups excluding carboxylic acids is 1. The van der Waals surface area contributed by atoms with Crippen molar-refractivity contribution in [3.8, 4) is 0 Å². The molecule has 0 spiro atoms. The van der Waals surface area contributed by atoms with E-state index >= 15 is 0 Å². The fourth-order valence-electron chi connectivity index (χ4n) is 1.85. The average molecular weight is 296 g/mol. The van der Waals surface area contributed by atoms with Gasteiger partial charge in [-0.05, 0) is 12.0 Å². The summed E-state index contributed by atoms with van der Waals surface area (Å²) in [5.41, 5.74) is 0.885. The van der Waals surface area contributed by atoms with Crippen molar-refractivity contribution in [1.82, 2.24) is 0 Å². The van der Waals surface area contributed by atoms with Crippen LogP contribution in [-0.2, 0) is 30.2 Å². The molecule has 0 amide bonds. The Morgan fingerprint density at radius 2 is 1.76 bits per heavy atom. The maximum atomic E-state index is 12.0. The Kier molecular flexibility index (Phi) is 7.42. The lowest BCUT2D eigenvalue weighted by Gasteiger charge is -2.17. The topological polar surface area (TPSA) is 82.1 Å². The molecule has 1 aromatic carbocycles. The van der Waals surface area contributed by atoms with E-state index in [1.807, 2.05) is 30.3 Å². The number of hydrogen-bond donors (Lipinski definition) is 1. The molecule has 1 atom stereocenters. The first kappa shape index (κ1) is 17.1. The van der Waals surface area contributed by atoms with E-state index < -0.39 is 24.1 Å². The van der Waals surface area contributed by atoms with Crippen molar-refractivity contribution >= 4 is 11.9 Å². The fourth-order valence-corrected chi connectivity index (χ4v) is 1.85. The van der Waals surface area contributed by atoms with Gasteiger partial charge in [0, 0.05) is 14.2 Å². The number of esters is 1. The molecule has 0 bridgehead atoms. The lowest BCUT2D eigenvalue weighted by molar-refractivity contribution is -0.171. The third-order valence-electron chi connectivity index (χ3n) is 2.97. The maximum Gasteiger partial charge on any atom is 0.310 e. The van der Waals surface area contributed by atoms with Gasteiger partial charge >= 0.3 is 11.9 Å². The third kappa shape index (κ3) is 6.37. The van der Waals surface area contributed by atoms with E-state index in [9.17, 15) is 9.59 Å². The second-order valence-corrected chi connectivity index (χ2v) is 4.52. The van der Waals surface area contributed by atoms with Crippen LogP contribution in [0.1, 0.15) is 12.0 Å². The monoisotopic (exact) mass is 296 g/mol. The maximum absolute atomic E-state index is 12.0. The molecule has 1 rings (SSSR count). The predicted octanol–water partition coefficient (Wildman–Crippen LogP) is 1.48. The Labute approximate surface area is 123 Å². The van der Waals surface area contributed by atoms with Crippen LogP contribution in [0.25, 0.3) is 0 Å². The van der Waals surface area contributed by atoms with Crippen molar-refractivity contribution in [2.24, 2.45) is 5.92 Å². The van der Waals surface area contributed by atoms with Crippen LogP contribution in [0.4, 0.5) is 0 Å². The molecule has 0 saturated carbocycles. The molecule has 116 valence electrons. The molecule has 6 heteroatoms. The van der Waals surface area contributed by atoms with Crippen molar-refractivity contribution in [1.29, 1.82) is 0 Å². The fraction of sp³-hybridized carbons (Fsp3) is 0.467. The highest BCUT2D eigenvalue weighted by Crippen LogP contribution is 2.15. The first-order valence-electron chi connectivity index (χ1n) is 6.54. The zero-order chi connectivity index (χ0) is 15.7. The zero-order valence-electron chi connectivity index (χ0n) is 12.2. The molecule has 0 radical (unpaired) electrons. The van der Waals surface area contributed by atoms with Crippen LogP contribution in [0.2, 0.25) is 0 Å². The van der Waals surface area contributed by atoms with E-state index in [2.05, 4.69) is 0 Å². The van der Waals surface area contributed by atoms with Crippen LogP contribution in [0.15, 0.2) is 30.3 Å². The van der Waals surface area contributed by atoms with E-state index in [0.29, 0.717) is 6.42 Å². The molecule has 21 heavy (non-hydrogen) atoms. The molecule has 0 fully saturated rings. The van der Waals surface area contributed by atoms with E-state index in [4.69, 9.17) is 19.3 Å². The summed E-state index contributed by atoms with van der Waals surface area (Å²) in [4.78, 5) is 22.9. The molecule has 1 aromatic rings. The van der Waals surface area contributed by atoms with Crippen LogP contribution >= 0.6 is 0 Å². The van der Waals surface area contributed by atoms with Crippen molar-refractivity contribution in [3.63, 3.8) is 0 Å². The molecule has 0 aliphatic carbocycles. The van der Waals surface area contributed by atoms with Gasteiger partial charge in [-0.3, -0.25) is 9.59 Å². The van der Waals surface area contributed by atoms with E-state index in [1.165, 1.54) is 14.2 Å². The molecule has 1 N–H and O–H groups in total. The molecule has 0 saturated heterocycles. The number of carboxylic acid groups (broad SMARTS) is 1. The number of carbonyl (C=O) groups is 2. The first-order valence-corrected chi connectivity index (χ1v) is 6.54. The van der Waals surface area contributed by atoms with Crippen LogP contribution < -0.4 is 0 Å². The van der Waals surface area contributed by atoms with Gasteiger partial charge in [0.2, 0.25) is 0 Å². The minimum absolute atomic E-state index is 0.0727. The summed E-state index contributed by atoms with van der Waals surface area (Å²) in [6.45, 7) is -0.0727. The van der Waals surface area contributed by atoms with Gasteiger partial charge in [-0.25, -0.2) is 0 Å². The number of methoxy groups -OCH3 is 2. The summed E-state index contributed by atoms with van der Waals surface area (Å²) >= 11 is 0. The smallest absolute Gasteiger partial charge is 0.310 e. The average Bonchev–Trinajstić information content (AvgIpc) is 2.48. The lowest BCUT2D eigenvalue weighted by atomic mass is 9.96. The van der Waals surface area contributed by atoms with Gasteiger partial charge in [-0.1, -0.05) is 30.3 Å². The second kappa shape index (κ2) is 9.10. The highest BCUT2D eigenvalue weighted by molar-refractivity contribution is 5.79. The van der Waals surface area contributed by atoms with Gasteiger partial charge in [-0.2, -0.15) is 0 Å². The SMILES string of the molecule is COC(COC(=O)[C@H](CC(=O)O)Cc1ccccc1)OC. The lowest BCUT2D eigenvalue weighted by Crippen LogP contribution is -2.28. The molecule has 0 aliphatic heterocycles. The number of benzene rings is 1. The summed E-state index contributed by atoms with van der Waals surface area (Å²) < 4.78 is 14.9. The number of carboxylic acids is 1. The molecular formula is C15H20O6. The zero-order valence-corrected chi connectivity index (χ0v) is 12.2. The quantitative estimate of drug-likeness (QED) is 0.549.